The van der Waals surface area contributed by atoms with E-state index >= 15 is 0 Å². The van der Waals surface area contributed by atoms with Gasteiger partial charge in [-0.1, -0.05) is 0 Å². The smallest absolute Gasteiger partial charge is 0.314 e. The second-order valence-corrected chi connectivity index (χ2v) is 2.82. The summed E-state index contributed by atoms with van der Waals surface area (Å²) in [5.41, 5.74) is -0.688. The topological polar surface area (TPSA) is 69.4 Å². The molecule has 0 aromatic heterocycles. The van der Waals surface area contributed by atoms with E-state index in [0.717, 1.165) is 6.07 Å². The molecular weight excluding hydrogens is 205 g/mol. The number of ether oxygens (including phenoxy) is 1. The van der Waals surface area contributed by atoms with E-state index in [1.165, 1.54) is 14.0 Å². The van der Waals surface area contributed by atoms with Gasteiger partial charge in [0.15, 0.2) is 5.78 Å². The summed E-state index contributed by atoms with van der Waals surface area (Å²) in [7, 11) is 1.19. The van der Waals surface area contributed by atoms with Crippen LogP contribution in [0.2, 0.25) is 0 Å². The van der Waals surface area contributed by atoms with Gasteiger partial charge in [0.2, 0.25) is 5.75 Å². The molecule has 5 nitrogen and oxygen atoms in total. The van der Waals surface area contributed by atoms with Crippen molar-refractivity contribution in [1.29, 1.82) is 0 Å². The number of nitrogens with zero attached hydrogens (tertiary/aromatic N) is 1. The van der Waals surface area contributed by atoms with Gasteiger partial charge in [-0.3, -0.25) is 14.9 Å². The predicted molar refractivity (Wildman–Crippen MR) is 49.6 cm³/mol. The molecule has 0 aliphatic heterocycles. The van der Waals surface area contributed by atoms with Crippen LogP contribution in [-0.2, 0) is 0 Å². The van der Waals surface area contributed by atoms with Crippen molar-refractivity contribution in [2.24, 2.45) is 0 Å². The van der Waals surface area contributed by atoms with Crippen molar-refractivity contribution in [3.63, 3.8) is 0 Å². The molecule has 1 aromatic carbocycles. The Bertz CT molecular complexity index is 395. The van der Waals surface area contributed by atoms with Crippen molar-refractivity contribution < 1.29 is 18.8 Å². The number of hydrogen-bond donors (Lipinski definition) is 0. The Kier molecular flexibility index (Phi) is 2.99. The number of benzene rings is 1. The van der Waals surface area contributed by atoms with E-state index < -0.39 is 22.2 Å². The van der Waals surface area contributed by atoms with Crippen LogP contribution in [0.5, 0.6) is 5.75 Å². The minimum atomic E-state index is -0.840. The van der Waals surface area contributed by atoms with Gasteiger partial charge in [0, 0.05) is 0 Å². The molecular formula is C9H8FNO4. The summed E-state index contributed by atoms with van der Waals surface area (Å²) in [6.45, 7) is 1.18. The fourth-order valence-corrected chi connectivity index (χ4v) is 1.19. The van der Waals surface area contributed by atoms with Crippen molar-refractivity contribution >= 4 is 11.5 Å². The Balaban J connectivity index is 3.52. The molecule has 1 rings (SSSR count). The number of carbonyl (C=O) groups excluding carboxylic acids is 1. The molecule has 6 heteroatoms. The Morgan fingerprint density at radius 3 is 2.53 bits per heavy atom. The maximum Gasteiger partial charge on any atom is 0.314 e. The molecule has 0 saturated heterocycles. The van der Waals surface area contributed by atoms with Crippen LogP contribution in [0.1, 0.15) is 17.3 Å². The highest BCUT2D eigenvalue weighted by Crippen LogP contribution is 2.32. The van der Waals surface area contributed by atoms with E-state index in [-0.39, 0.29) is 11.3 Å². The summed E-state index contributed by atoms with van der Waals surface area (Å²) in [4.78, 5) is 20.8. The van der Waals surface area contributed by atoms with E-state index in [0.29, 0.717) is 6.07 Å². The zero-order chi connectivity index (χ0) is 11.6. The normalized spacial score (nSPS) is 9.80. The van der Waals surface area contributed by atoms with Gasteiger partial charge >= 0.3 is 5.69 Å². The van der Waals surface area contributed by atoms with Gasteiger partial charge in [-0.05, 0) is 13.0 Å². The van der Waals surface area contributed by atoms with Gasteiger partial charge in [0.05, 0.1) is 23.7 Å². The first-order valence-corrected chi connectivity index (χ1v) is 4.00. The van der Waals surface area contributed by atoms with Crippen LogP contribution < -0.4 is 4.74 Å². The van der Waals surface area contributed by atoms with E-state index in [9.17, 15) is 19.3 Å². The quantitative estimate of drug-likeness (QED) is 0.437. The Morgan fingerprint density at radius 1 is 1.53 bits per heavy atom. The first-order chi connectivity index (χ1) is 6.97. The molecule has 0 radical (unpaired) electrons. The van der Waals surface area contributed by atoms with Crippen LogP contribution in [-0.4, -0.2) is 17.8 Å². The zero-order valence-electron chi connectivity index (χ0n) is 8.11. The van der Waals surface area contributed by atoms with Crippen molar-refractivity contribution in [2.45, 2.75) is 6.92 Å². The fraction of sp³-hybridized carbons (Fsp3) is 0.222. The van der Waals surface area contributed by atoms with Gasteiger partial charge in [-0.2, -0.15) is 0 Å². The minimum absolute atomic E-state index is 0.135. The van der Waals surface area contributed by atoms with E-state index in [1.807, 2.05) is 0 Å². The third-order valence-electron chi connectivity index (χ3n) is 1.81. The number of rotatable bonds is 3. The molecule has 0 spiro atoms. The van der Waals surface area contributed by atoms with Crippen LogP contribution in [0.4, 0.5) is 10.1 Å². The summed E-state index contributed by atoms with van der Waals surface area (Å²) in [6.07, 6.45) is 0. The van der Waals surface area contributed by atoms with Crippen LogP contribution in [0.3, 0.4) is 0 Å². The highest BCUT2D eigenvalue weighted by Gasteiger charge is 2.22. The second-order valence-electron chi connectivity index (χ2n) is 2.82. The van der Waals surface area contributed by atoms with Gasteiger partial charge in [-0.15, -0.1) is 0 Å². The van der Waals surface area contributed by atoms with Crippen LogP contribution in [0.25, 0.3) is 0 Å². The lowest BCUT2D eigenvalue weighted by Gasteiger charge is -2.06. The molecule has 0 atom stereocenters. The summed E-state index contributed by atoms with van der Waals surface area (Å²) in [5, 5.41) is 10.6. The molecule has 80 valence electrons. The number of ketones is 1. The predicted octanol–water partition coefficient (Wildman–Crippen LogP) is 1.95. The number of nitro benzene ring substituents is 1. The van der Waals surface area contributed by atoms with E-state index in [1.54, 1.807) is 0 Å². The average molecular weight is 213 g/mol. The standard InChI is InChI=1S/C9H8FNO4/c1-5(12)7-3-6(10)4-8(11(13)14)9(7)15-2/h3-4H,1-2H3. The second kappa shape index (κ2) is 4.04. The lowest BCUT2D eigenvalue weighted by molar-refractivity contribution is -0.386. The van der Waals surface area contributed by atoms with Crippen LogP contribution in [0.15, 0.2) is 12.1 Å². The Labute approximate surface area is 84.6 Å². The minimum Gasteiger partial charge on any atom is -0.490 e. The van der Waals surface area contributed by atoms with Crippen LogP contribution in [0, 0.1) is 15.9 Å². The summed E-state index contributed by atoms with van der Waals surface area (Å²) in [5.74, 6) is -1.55. The number of methoxy groups -OCH3 is 1. The van der Waals surface area contributed by atoms with Gasteiger partial charge < -0.3 is 4.74 Å². The monoisotopic (exact) mass is 213 g/mol. The first-order valence-electron chi connectivity index (χ1n) is 4.00. The summed E-state index contributed by atoms with van der Waals surface area (Å²) in [6, 6.07) is 1.62. The number of hydrogen-bond acceptors (Lipinski definition) is 4. The average Bonchev–Trinajstić information content (AvgIpc) is 2.16. The van der Waals surface area contributed by atoms with Gasteiger partial charge in [0.25, 0.3) is 0 Å². The Morgan fingerprint density at radius 2 is 2.13 bits per heavy atom. The first kappa shape index (κ1) is 11.1. The SMILES string of the molecule is COc1c(C(C)=O)cc(F)cc1[N+](=O)[O-]. The van der Waals surface area contributed by atoms with Crippen molar-refractivity contribution in [3.05, 3.63) is 33.6 Å². The molecule has 0 aliphatic carbocycles. The fourth-order valence-electron chi connectivity index (χ4n) is 1.19. The van der Waals surface area contributed by atoms with E-state index in [2.05, 4.69) is 0 Å². The molecule has 0 fully saturated rings. The summed E-state index contributed by atoms with van der Waals surface area (Å²) < 4.78 is 17.7. The Hall–Kier alpha value is -1.98. The number of halogens is 1. The van der Waals surface area contributed by atoms with Gasteiger partial charge in [0.1, 0.15) is 5.82 Å². The largest absolute Gasteiger partial charge is 0.490 e. The lowest BCUT2D eigenvalue weighted by atomic mass is 10.1. The highest BCUT2D eigenvalue weighted by atomic mass is 19.1. The maximum absolute atomic E-state index is 13.0. The van der Waals surface area contributed by atoms with Crippen molar-refractivity contribution in [1.82, 2.24) is 0 Å². The molecule has 0 saturated carbocycles. The zero-order valence-corrected chi connectivity index (χ0v) is 8.11. The van der Waals surface area contributed by atoms with Gasteiger partial charge in [-0.25, -0.2) is 4.39 Å². The molecule has 0 amide bonds. The molecule has 0 bridgehead atoms. The number of Topliss-reactive ketones (excluding diaryl/α,β-unsaturated/α-hetero) is 1. The number of carbonyl (C=O) groups is 1. The summed E-state index contributed by atoms with van der Waals surface area (Å²) >= 11 is 0. The van der Waals surface area contributed by atoms with E-state index in [4.69, 9.17) is 4.74 Å². The molecule has 0 unspecified atom stereocenters. The maximum atomic E-state index is 13.0. The molecule has 1 aromatic rings. The number of nitro groups is 1. The highest BCUT2D eigenvalue weighted by molar-refractivity contribution is 5.98. The molecule has 15 heavy (non-hydrogen) atoms. The molecule has 0 aliphatic rings. The lowest BCUT2D eigenvalue weighted by Crippen LogP contribution is -2.02. The van der Waals surface area contributed by atoms with Crippen molar-refractivity contribution in [2.75, 3.05) is 7.11 Å². The molecule has 0 N–H and O–H groups in total. The molecule has 0 heterocycles. The van der Waals surface area contributed by atoms with Crippen LogP contribution >= 0.6 is 0 Å². The third-order valence-corrected chi connectivity index (χ3v) is 1.81. The third kappa shape index (κ3) is 2.09. The van der Waals surface area contributed by atoms with Crippen molar-refractivity contribution in [3.8, 4) is 5.75 Å².